The third-order valence-corrected chi connectivity index (χ3v) is 6.77. The zero-order valence-corrected chi connectivity index (χ0v) is 17.1. The maximum atomic E-state index is 11.7. The van der Waals surface area contributed by atoms with Crippen molar-refractivity contribution in [3.63, 3.8) is 0 Å². The van der Waals surface area contributed by atoms with Crippen molar-refractivity contribution < 1.29 is 8.42 Å². The number of sulfone groups is 1. The minimum atomic E-state index is -3.20. The fraction of sp³-hybridized carbons (Fsp3) is 0.143. The summed E-state index contributed by atoms with van der Waals surface area (Å²) < 4.78 is 23.3. The Labute approximate surface area is 168 Å². The lowest BCUT2D eigenvalue weighted by Gasteiger charge is -2.15. The molecular formula is C21H19N3O2S2. The Morgan fingerprint density at radius 1 is 1.00 bits per heavy atom. The van der Waals surface area contributed by atoms with Crippen LogP contribution in [0.15, 0.2) is 71.9 Å². The van der Waals surface area contributed by atoms with Crippen LogP contribution in [0.1, 0.15) is 18.5 Å². The van der Waals surface area contributed by atoms with Gasteiger partial charge in [0, 0.05) is 17.2 Å². The molecule has 142 valence electrons. The number of fused-ring (bicyclic) bond motifs is 1. The van der Waals surface area contributed by atoms with E-state index in [0.29, 0.717) is 4.90 Å². The Morgan fingerprint density at radius 3 is 2.39 bits per heavy atom. The maximum Gasteiger partial charge on any atom is 0.175 e. The molecule has 0 unspecified atom stereocenters. The first-order valence-corrected chi connectivity index (χ1v) is 11.5. The number of benzene rings is 2. The Kier molecular flexibility index (Phi) is 4.87. The second-order valence-corrected chi connectivity index (χ2v) is 9.67. The number of rotatable bonds is 5. The lowest BCUT2D eigenvalue weighted by atomic mass is 10.1. The minimum Gasteiger partial charge on any atom is -0.363 e. The van der Waals surface area contributed by atoms with Gasteiger partial charge in [0.25, 0.3) is 0 Å². The van der Waals surface area contributed by atoms with Gasteiger partial charge in [-0.3, -0.25) is 0 Å². The topological polar surface area (TPSA) is 72.0 Å². The molecule has 4 aromatic rings. The highest BCUT2D eigenvalue weighted by molar-refractivity contribution is 7.90. The van der Waals surface area contributed by atoms with Crippen molar-refractivity contribution in [2.45, 2.75) is 17.9 Å². The summed E-state index contributed by atoms with van der Waals surface area (Å²) >= 11 is 1.56. The number of thiophene rings is 1. The second-order valence-electron chi connectivity index (χ2n) is 6.63. The van der Waals surface area contributed by atoms with Crippen LogP contribution in [-0.4, -0.2) is 24.6 Å². The summed E-state index contributed by atoms with van der Waals surface area (Å²) in [5, 5.41) is 4.43. The highest BCUT2D eigenvalue weighted by atomic mass is 32.2. The normalized spacial score (nSPS) is 12.8. The van der Waals surface area contributed by atoms with Crippen LogP contribution in [0.5, 0.6) is 0 Å². The summed E-state index contributed by atoms with van der Waals surface area (Å²) in [4.78, 5) is 11.1. The van der Waals surface area contributed by atoms with Gasteiger partial charge in [0.05, 0.1) is 10.3 Å². The standard InChI is InChI=1S/C21H19N3O2S2/c1-14(15-6-4-3-5-7-15)24-20-18-12-19(27-21(18)23-13-22-20)16-8-10-17(11-9-16)28(2,25)26/h3-14H,1-2H3,(H,22,23,24)/t14-/m1/s1. The molecule has 0 bridgehead atoms. The van der Waals surface area contributed by atoms with Crippen LogP contribution in [0.25, 0.3) is 20.7 Å². The van der Waals surface area contributed by atoms with E-state index in [4.69, 9.17) is 0 Å². The van der Waals surface area contributed by atoms with E-state index < -0.39 is 9.84 Å². The lowest BCUT2D eigenvalue weighted by molar-refractivity contribution is 0.602. The van der Waals surface area contributed by atoms with Crippen molar-refractivity contribution >= 4 is 37.2 Å². The third-order valence-electron chi connectivity index (χ3n) is 4.55. The zero-order chi connectivity index (χ0) is 19.7. The van der Waals surface area contributed by atoms with E-state index in [-0.39, 0.29) is 6.04 Å². The number of aromatic nitrogens is 2. The summed E-state index contributed by atoms with van der Waals surface area (Å²) in [6, 6.07) is 19.3. The number of anilines is 1. The molecule has 0 fully saturated rings. The lowest BCUT2D eigenvalue weighted by Crippen LogP contribution is -2.08. The van der Waals surface area contributed by atoms with E-state index in [9.17, 15) is 8.42 Å². The molecule has 0 amide bonds. The number of nitrogens with one attached hydrogen (secondary N) is 1. The molecule has 0 radical (unpaired) electrons. The SMILES string of the molecule is C[C@@H](Nc1ncnc2sc(-c3ccc(S(C)(=O)=O)cc3)cc12)c1ccccc1. The van der Waals surface area contributed by atoms with E-state index in [2.05, 4.69) is 40.4 Å². The largest absolute Gasteiger partial charge is 0.363 e. The van der Waals surface area contributed by atoms with Crippen LogP contribution in [0.4, 0.5) is 5.82 Å². The van der Waals surface area contributed by atoms with E-state index >= 15 is 0 Å². The number of nitrogens with zero attached hydrogens (tertiary/aromatic N) is 2. The molecule has 2 heterocycles. The van der Waals surface area contributed by atoms with Gasteiger partial charge in [-0.05, 0) is 36.2 Å². The first kappa shape index (κ1) is 18.6. The summed E-state index contributed by atoms with van der Waals surface area (Å²) in [5.41, 5.74) is 2.14. The first-order chi connectivity index (χ1) is 13.4. The summed E-state index contributed by atoms with van der Waals surface area (Å²) in [5.74, 6) is 0.789. The summed E-state index contributed by atoms with van der Waals surface area (Å²) in [7, 11) is -3.20. The molecular weight excluding hydrogens is 390 g/mol. The molecule has 1 N–H and O–H groups in total. The number of hydrogen-bond donors (Lipinski definition) is 1. The molecule has 1 atom stereocenters. The van der Waals surface area contributed by atoms with Gasteiger partial charge in [0.2, 0.25) is 0 Å². The molecule has 0 saturated carbocycles. The fourth-order valence-electron chi connectivity index (χ4n) is 3.01. The molecule has 0 aliphatic rings. The molecule has 5 nitrogen and oxygen atoms in total. The van der Waals surface area contributed by atoms with Crippen molar-refractivity contribution in [2.24, 2.45) is 0 Å². The van der Waals surface area contributed by atoms with Crippen molar-refractivity contribution in [3.05, 3.63) is 72.6 Å². The van der Waals surface area contributed by atoms with Crippen molar-refractivity contribution in [3.8, 4) is 10.4 Å². The van der Waals surface area contributed by atoms with Crippen LogP contribution in [0.3, 0.4) is 0 Å². The zero-order valence-electron chi connectivity index (χ0n) is 15.5. The van der Waals surface area contributed by atoms with Gasteiger partial charge in [-0.2, -0.15) is 0 Å². The van der Waals surface area contributed by atoms with Crippen LogP contribution >= 0.6 is 11.3 Å². The molecule has 28 heavy (non-hydrogen) atoms. The first-order valence-electron chi connectivity index (χ1n) is 8.78. The highest BCUT2D eigenvalue weighted by Crippen LogP contribution is 2.36. The van der Waals surface area contributed by atoms with Gasteiger partial charge in [0.15, 0.2) is 9.84 Å². The smallest absolute Gasteiger partial charge is 0.175 e. The van der Waals surface area contributed by atoms with Gasteiger partial charge < -0.3 is 5.32 Å². The van der Waals surface area contributed by atoms with Crippen molar-refractivity contribution in [2.75, 3.05) is 11.6 Å². The predicted molar refractivity (Wildman–Crippen MR) is 114 cm³/mol. The van der Waals surface area contributed by atoms with Gasteiger partial charge in [-0.25, -0.2) is 18.4 Å². The number of hydrogen-bond acceptors (Lipinski definition) is 6. The summed E-state index contributed by atoms with van der Waals surface area (Å²) in [6.45, 7) is 2.10. The average Bonchev–Trinajstić information content (AvgIpc) is 3.13. The Balaban J connectivity index is 1.67. The molecule has 2 aromatic carbocycles. The summed E-state index contributed by atoms with van der Waals surface area (Å²) in [6.07, 6.45) is 2.78. The fourth-order valence-corrected chi connectivity index (χ4v) is 4.64. The van der Waals surface area contributed by atoms with E-state index in [0.717, 1.165) is 26.5 Å². The third kappa shape index (κ3) is 3.76. The quantitative estimate of drug-likeness (QED) is 0.506. The molecule has 0 aliphatic carbocycles. The maximum absolute atomic E-state index is 11.7. The van der Waals surface area contributed by atoms with E-state index in [1.165, 1.54) is 11.8 Å². The van der Waals surface area contributed by atoms with Crippen LogP contribution in [0, 0.1) is 0 Å². The van der Waals surface area contributed by atoms with Crippen molar-refractivity contribution in [1.82, 2.24) is 9.97 Å². The second kappa shape index (κ2) is 7.33. The Morgan fingerprint density at radius 2 is 1.71 bits per heavy atom. The van der Waals surface area contributed by atoms with E-state index in [1.54, 1.807) is 29.8 Å². The average molecular weight is 410 g/mol. The van der Waals surface area contributed by atoms with Gasteiger partial charge >= 0.3 is 0 Å². The van der Waals surface area contributed by atoms with Crippen LogP contribution < -0.4 is 5.32 Å². The van der Waals surface area contributed by atoms with Gasteiger partial charge in [-0.15, -0.1) is 11.3 Å². The molecule has 7 heteroatoms. The van der Waals surface area contributed by atoms with E-state index in [1.807, 2.05) is 30.3 Å². The monoisotopic (exact) mass is 409 g/mol. The van der Waals surface area contributed by atoms with Gasteiger partial charge in [0.1, 0.15) is 17.0 Å². The highest BCUT2D eigenvalue weighted by Gasteiger charge is 2.14. The predicted octanol–water partition coefficient (Wildman–Crippen LogP) is 4.93. The molecule has 0 spiro atoms. The minimum absolute atomic E-state index is 0.108. The van der Waals surface area contributed by atoms with Crippen LogP contribution in [0.2, 0.25) is 0 Å². The van der Waals surface area contributed by atoms with Crippen molar-refractivity contribution in [1.29, 1.82) is 0 Å². The molecule has 4 rings (SSSR count). The molecule has 0 aliphatic heterocycles. The molecule has 2 aromatic heterocycles. The Bertz CT molecular complexity index is 1220. The molecule has 0 saturated heterocycles. The van der Waals surface area contributed by atoms with Crippen LogP contribution in [-0.2, 0) is 9.84 Å². The van der Waals surface area contributed by atoms with Gasteiger partial charge in [-0.1, -0.05) is 42.5 Å². The Hall–Kier alpha value is -2.77.